The van der Waals surface area contributed by atoms with Crippen LogP contribution in [0.1, 0.15) is 39.2 Å². The van der Waals surface area contributed by atoms with E-state index in [0.717, 1.165) is 19.0 Å². The Morgan fingerprint density at radius 3 is 2.65 bits per heavy atom. The summed E-state index contributed by atoms with van der Waals surface area (Å²) in [5.74, 6) is 5.28. The van der Waals surface area contributed by atoms with Gasteiger partial charge in [0, 0.05) is 49.3 Å². The van der Waals surface area contributed by atoms with Gasteiger partial charge in [-0.15, -0.1) is 0 Å². The van der Waals surface area contributed by atoms with E-state index in [1.165, 1.54) is 43.0 Å². The van der Waals surface area contributed by atoms with Crippen LogP contribution in [0, 0.1) is 11.8 Å². The Hall–Kier alpha value is -4.01. The van der Waals surface area contributed by atoms with E-state index in [0.29, 0.717) is 23.8 Å². The van der Waals surface area contributed by atoms with Crippen LogP contribution in [-0.2, 0) is 12.7 Å². The maximum atomic E-state index is 13.9. The molecule has 37 heavy (non-hydrogen) atoms. The number of halogens is 3. The summed E-state index contributed by atoms with van der Waals surface area (Å²) in [6.07, 6.45) is 1.92. The molecule has 0 unspecified atom stereocenters. The molecule has 1 aromatic carbocycles. The number of carbonyl (C=O) groups excluding carboxylic acids is 1. The summed E-state index contributed by atoms with van der Waals surface area (Å²) in [6.45, 7) is 1.63. The Balaban J connectivity index is 1.49. The van der Waals surface area contributed by atoms with E-state index >= 15 is 0 Å². The number of likely N-dealkylation sites (tertiary alicyclic amines) is 1. The average Bonchev–Trinajstić information content (AvgIpc) is 3.33. The SMILES string of the molecule is CN(C)[C@@H]1CCN(Cc2ccc(NC(=O)c3cncc(C#Cc4cnc(N)cn4)c3)cc2C(F)(F)F)C1. The van der Waals surface area contributed by atoms with Crippen molar-refractivity contribution in [2.75, 3.05) is 38.2 Å². The minimum atomic E-state index is -4.56. The number of rotatable bonds is 5. The molecule has 0 radical (unpaired) electrons. The van der Waals surface area contributed by atoms with Crippen LogP contribution in [0.15, 0.2) is 49.1 Å². The molecular weight excluding hydrogens is 483 g/mol. The zero-order valence-electron chi connectivity index (χ0n) is 20.4. The first-order chi connectivity index (χ1) is 17.6. The highest BCUT2D eigenvalue weighted by Gasteiger charge is 2.35. The standard InChI is InChI=1S/C26H26F3N7O/c1-35(2)22-7-8-36(16-22)15-18-4-6-20(10-23(18)26(27,28)29)34-25(37)19-9-17(11-31-12-19)3-5-21-13-33-24(30)14-32-21/h4,6,9-14,22H,7-8,15-16H2,1-2H3,(H2,30,33)(H,34,37)/t22-/m1/s1. The number of nitrogens with zero attached hydrogens (tertiary/aromatic N) is 5. The summed E-state index contributed by atoms with van der Waals surface area (Å²) in [4.78, 5) is 28.8. The van der Waals surface area contributed by atoms with Gasteiger partial charge in [0.15, 0.2) is 0 Å². The molecule has 1 amide bonds. The Morgan fingerprint density at radius 1 is 1.16 bits per heavy atom. The number of nitrogens with one attached hydrogen (secondary N) is 1. The molecule has 0 saturated carbocycles. The number of aromatic nitrogens is 3. The number of hydrogen-bond donors (Lipinski definition) is 2. The predicted molar refractivity (Wildman–Crippen MR) is 133 cm³/mol. The molecule has 3 N–H and O–H groups in total. The normalized spacial score (nSPS) is 15.9. The van der Waals surface area contributed by atoms with Gasteiger partial charge in [-0.25, -0.2) is 9.97 Å². The van der Waals surface area contributed by atoms with E-state index in [1.54, 1.807) is 0 Å². The lowest BCUT2D eigenvalue weighted by Crippen LogP contribution is -2.31. The number of pyridine rings is 1. The first-order valence-electron chi connectivity index (χ1n) is 11.5. The van der Waals surface area contributed by atoms with Crippen LogP contribution in [0.4, 0.5) is 24.7 Å². The number of alkyl halides is 3. The van der Waals surface area contributed by atoms with Crippen molar-refractivity contribution in [3.63, 3.8) is 0 Å². The lowest BCUT2D eigenvalue weighted by molar-refractivity contribution is -0.138. The van der Waals surface area contributed by atoms with Crippen molar-refractivity contribution < 1.29 is 18.0 Å². The highest BCUT2D eigenvalue weighted by atomic mass is 19.4. The number of carbonyl (C=O) groups is 1. The number of anilines is 2. The number of benzene rings is 1. The van der Waals surface area contributed by atoms with E-state index < -0.39 is 17.6 Å². The third-order valence-corrected chi connectivity index (χ3v) is 6.05. The summed E-state index contributed by atoms with van der Waals surface area (Å²) in [5, 5.41) is 2.54. The van der Waals surface area contributed by atoms with Gasteiger partial charge in [0.25, 0.3) is 5.91 Å². The van der Waals surface area contributed by atoms with E-state index in [1.807, 2.05) is 19.0 Å². The summed E-state index contributed by atoms with van der Waals surface area (Å²) in [6, 6.07) is 5.70. The lowest BCUT2D eigenvalue weighted by atomic mass is 10.0. The molecule has 0 spiro atoms. The van der Waals surface area contributed by atoms with Crippen LogP contribution in [0.5, 0.6) is 0 Å². The maximum Gasteiger partial charge on any atom is 0.416 e. The van der Waals surface area contributed by atoms with Crippen molar-refractivity contribution >= 4 is 17.4 Å². The number of hydrogen-bond acceptors (Lipinski definition) is 7. The monoisotopic (exact) mass is 509 g/mol. The van der Waals surface area contributed by atoms with Gasteiger partial charge in [0.2, 0.25) is 0 Å². The maximum absolute atomic E-state index is 13.9. The molecule has 2 aromatic heterocycles. The van der Waals surface area contributed by atoms with E-state index in [4.69, 9.17) is 5.73 Å². The quantitative estimate of drug-likeness (QED) is 0.510. The van der Waals surface area contributed by atoms with Gasteiger partial charge >= 0.3 is 6.18 Å². The van der Waals surface area contributed by atoms with Crippen molar-refractivity contribution in [2.24, 2.45) is 0 Å². The highest BCUT2D eigenvalue weighted by molar-refractivity contribution is 6.04. The molecule has 1 saturated heterocycles. The van der Waals surface area contributed by atoms with Crippen molar-refractivity contribution in [3.8, 4) is 11.8 Å². The molecule has 192 valence electrons. The molecule has 11 heteroatoms. The summed E-state index contributed by atoms with van der Waals surface area (Å²) < 4.78 is 41.7. The predicted octanol–water partition coefficient (Wildman–Crippen LogP) is 3.26. The minimum absolute atomic E-state index is 0.0438. The van der Waals surface area contributed by atoms with Gasteiger partial charge in [-0.2, -0.15) is 13.2 Å². The Labute approximate surface area is 212 Å². The minimum Gasteiger partial charge on any atom is -0.382 e. The Kier molecular flexibility index (Phi) is 7.71. The Morgan fingerprint density at radius 2 is 1.97 bits per heavy atom. The van der Waals surface area contributed by atoms with Crippen molar-refractivity contribution in [3.05, 3.63) is 77.0 Å². The van der Waals surface area contributed by atoms with Crippen molar-refractivity contribution in [2.45, 2.75) is 25.2 Å². The molecule has 0 aliphatic carbocycles. The van der Waals surface area contributed by atoms with Crippen LogP contribution in [0.3, 0.4) is 0 Å². The van der Waals surface area contributed by atoms with E-state index in [2.05, 4.69) is 37.0 Å². The largest absolute Gasteiger partial charge is 0.416 e. The second-order valence-electron chi connectivity index (χ2n) is 9.00. The summed E-state index contributed by atoms with van der Waals surface area (Å²) >= 11 is 0. The third-order valence-electron chi connectivity index (χ3n) is 6.05. The number of nitrogen functional groups attached to an aromatic ring is 1. The molecule has 1 aliphatic rings. The topological polar surface area (TPSA) is 100 Å². The fourth-order valence-electron chi connectivity index (χ4n) is 4.05. The van der Waals surface area contributed by atoms with Gasteiger partial charge in [0.05, 0.1) is 23.5 Å². The first kappa shape index (κ1) is 26.1. The lowest BCUT2D eigenvalue weighted by Gasteiger charge is -2.22. The van der Waals surface area contributed by atoms with Crippen LogP contribution < -0.4 is 11.1 Å². The van der Waals surface area contributed by atoms with Crippen LogP contribution >= 0.6 is 0 Å². The van der Waals surface area contributed by atoms with Gasteiger partial charge < -0.3 is 16.0 Å². The molecule has 8 nitrogen and oxygen atoms in total. The highest BCUT2D eigenvalue weighted by Crippen LogP contribution is 2.35. The average molecular weight is 510 g/mol. The van der Waals surface area contributed by atoms with E-state index in [9.17, 15) is 18.0 Å². The molecule has 3 aromatic rings. The van der Waals surface area contributed by atoms with Crippen LogP contribution in [0.25, 0.3) is 0 Å². The summed E-state index contributed by atoms with van der Waals surface area (Å²) in [5.41, 5.74) is 5.92. The second kappa shape index (κ2) is 10.9. The fourth-order valence-corrected chi connectivity index (χ4v) is 4.05. The number of amides is 1. The molecule has 0 bridgehead atoms. The van der Waals surface area contributed by atoms with Crippen LogP contribution in [-0.4, -0.2) is 63.9 Å². The second-order valence-corrected chi connectivity index (χ2v) is 9.00. The first-order valence-corrected chi connectivity index (χ1v) is 11.5. The number of nitrogens with two attached hydrogens (primary N) is 1. The van der Waals surface area contributed by atoms with Gasteiger partial charge in [-0.1, -0.05) is 12.0 Å². The fraction of sp³-hybridized carbons (Fsp3) is 0.308. The molecule has 3 heterocycles. The van der Waals surface area contributed by atoms with Crippen LogP contribution in [0.2, 0.25) is 0 Å². The molecule has 4 rings (SSSR count). The molecule has 1 atom stereocenters. The zero-order valence-corrected chi connectivity index (χ0v) is 20.4. The smallest absolute Gasteiger partial charge is 0.382 e. The third kappa shape index (κ3) is 6.81. The van der Waals surface area contributed by atoms with Gasteiger partial charge in [-0.3, -0.25) is 14.7 Å². The molecular formula is C26H26F3N7O. The van der Waals surface area contributed by atoms with E-state index in [-0.39, 0.29) is 29.2 Å². The van der Waals surface area contributed by atoms with Gasteiger partial charge in [-0.05, 0) is 50.2 Å². The number of likely N-dealkylation sites (N-methyl/N-ethyl adjacent to an activating group) is 1. The Bertz CT molecular complexity index is 1330. The zero-order chi connectivity index (χ0) is 26.6. The molecule has 1 aliphatic heterocycles. The van der Waals surface area contributed by atoms with Crippen molar-refractivity contribution in [1.82, 2.24) is 24.8 Å². The van der Waals surface area contributed by atoms with Gasteiger partial charge in [0.1, 0.15) is 11.5 Å². The van der Waals surface area contributed by atoms with Crippen molar-refractivity contribution in [1.29, 1.82) is 0 Å². The summed E-state index contributed by atoms with van der Waals surface area (Å²) in [7, 11) is 3.94. The molecule has 1 fully saturated rings.